The van der Waals surface area contributed by atoms with Crippen molar-refractivity contribution in [1.82, 2.24) is 5.32 Å². The topological polar surface area (TPSA) is 79.8 Å². The van der Waals surface area contributed by atoms with Gasteiger partial charge in [0.05, 0.1) is 35.6 Å². The number of halogens is 3. The second kappa shape index (κ2) is 11.0. The zero-order valence-electron chi connectivity index (χ0n) is 19.8. The first-order valence-corrected chi connectivity index (χ1v) is 11.3. The number of hydrogen-bond acceptors (Lipinski definition) is 4. The highest BCUT2D eigenvalue weighted by atomic mass is 19.4. The average molecular weight is 505 g/mol. The minimum Gasteiger partial charge on any atom is -0.445 e. The third kappa shape index (κ3) is 6.76. The lowest BCUT2D eigenvalue weighted by atomic mass is 10.0. The fourth-order valence-electron chi connectivity index (χ4n) is 3.70. The van der Waals surface area contributed by atoms with Gasteiger partial charge in [0, 0.05) is 5.56 Å². The van der Waals surface area contributed by atoms with Gasteiger partial charge in [0.15, 0.2) is 0 Å². The van der Waals surface area contributed by atoms with E-state index in [9.17, 15) is 22.8 Å². The van der Waals surface area contributed by atoms with Gasteiger partial charge in [-0.3, -0.25) is 9.79 Å². The van der Waals surface area contributed by atoms with Crippen LogP contribution in [0.3, 0.4) is 0 Å². The molecule has 1 aliphatic rings. The van der Waals surface area contributed by atoms with Gasteiger partial charge in [0.2, 0.25) is 5.91 Å². The van der Waals surface area contributed by atoms with Crippen molar-refractivity contribution in [1.29, 1.82) is 0 Å². The number of carbonyl (C=O) groups is 2. The number of hydrogen-bond donors (Lipinski definition) is 2. The third-order valence-corrected chi connectivity index (χ3v) is 5.47. The molecule has 37 heavy (non-hydrogen) atoms. The summed E-state index contributed by atoms with van der Waals surface area (Å²) in [7, 11) is 0. The molecule has 0 aromatic heterocycles. The van der Waals surface area contributed by atoms with Crippen LogP contribution in [0, 0.1) is 18.8 Å². The number of fused-ring (bicyclic) bond motifs is 1. The van der Waals surface area contributed by atoms with Crippen LogP contribution in [-0.2, 0) is 22.3 Å². The Balaban J connectivity index is 1.45. The molecule has 0 unspecified atom stereocenters. The van der Waals surface area contributed by atoms with E-state index in [0.29, 0.717) is 16.8 Å². The van der Waals surface area contributed by atoms with Crippen LogP contribution >= 0.6 is 0 Å². The molecule has 1 heterocycles. The van der Waals surface area contributed by atoms with Crippen LogP contribution in [0.1, 0.15) is 34.2 Å². The smallest absolute Gasteiger partial charge is 0.416 e. The number of carbonyl (C=O) groups excluding carboxylic acids is 2. The quantitative estimate of drug-likeness (QED) is 0.443. The van der Waals surface area contributed by atoms with Crippen molar-refractivity contribution in [2.45, 2.75) is 26.1 Å². The van der Waals surface area contributed by atoms with E-state index in [1.54, 1.807) is 24.3 Å². The Kier molecular flexibility index (Phi) is 7.58. The van der Waals surface area contributed by atoms with Gasteiger partial charge in [0.1, 0.15) is 6.61 Å². The number of nitrogens with zero attached hydrogens (tertiary/aromatic N) is 1. The van der Waals surface area contributed by atoms with E-state index >= 15 is 0 Å². The first-order chi connectivity index (χ1) is 17.7. The van der Waals surface area contributed by atoms with Gasteiger partial charge >= 0.3 is 12.3 Å². The summed E-state index contributed by atoms with van der Waals surface area (Å²) in [6, 6.07) is 18.5. The van der Waals surface area contributed by atoms with Crippen molar-refractivity contribution in [3.05, 3.63) is 94.5 Å². The summed E-state index contributed by atoms with van der Waals surface area (Å²) in [5.74, 6) is 5.30. The van der Waals surface area contributed by atoms with E-state index in [1.165, 1.54) is 13.0 Å². The van der Waals surface area contributed by atoms with Crippen LogP contribution in [0.4, 0.5) is 29.3 Å². The second-order valence-electron chi connectivity index (χ2n) is 8.26. The molecule has 0 radical (unpaired) electrons. The number of amides is 2. The number of ether oxygens (including phenoxy) is 1. The summed E-state index contributed by atoms with van der Waals surface area (Å²) < 4.78 is 45.0. The van der Waals surface area contributed by atoms with Crippen LogP contribution in [0.25, 0.3) is 0 Å². The van der Waals surface area contributed by atoms with Crippen LogP contribution < -0.4 is 10.6 Å². The van der Waals surface area contributed by atoms with Gasteiger partial charge in [-0.2, -0.15) is 13.2 Å². The maximum absolute atomic E-state index is 13.3. The monoisotopic (exact) mass is 505 g/mol. The summed E-state index contributed by atoms with van der Waals surface area (Å²) in [5.41, 5.74) is 1.96. The zero-order chi connectivity index (χ0) is 26.4. The summed E-state index contributed by atoms with van der Waals surface area (Å²) >= 11 is 0. The first-order valence-electron chi connectivity index (χ1n) is 11.3. The van der Waals surface area contributed by atoms with Crippen LogP contribution in [0.15, 0.2) is 71.7 Å². The lowest BCUT2D eigenvalue weighted by molar-refractivity contribution is -0.138. The lowest BCUT2D eigenvalue weighted by Crippen LogP contribution is -2.24. The summed E-state index contributed by atoms with van der Waals surface area (Å²) in [4.78, 5) is 28.8. The van der Waals surface area contributed by atoms with Crippen molar-refractivity contribution < 1.29 is 27.5 Å². The van der Waals surface area contributed by atoms with E-state index in [1.807, 2.05) is 30.3 Å². The molecule has 6 nitrogen and oxygen atoms in total. The van der Waals surface area contributed by atoms with E-state index in [0.717, 1.165) is 11.6 Å². The number of aryl methyl sites for hydroxylation is 1. The van der Waals surface area contributed by atoms with Gasteiger partial charge in [-0.05, 0) is 47.9 Å². The van der Waals surface area contributed by atoms with Gasteiger partial charge in [-0.1, -0.05) is 54.3 Å². The fraction of sp³-hybridized carbons (Fsp3) is 0.179. The number of alkyl halides is 3. The van der Waals surface area contributed by atoms with Gasteiger partial charge in [-0.15, -0.1) is 0 Å². The van der Waals surface area contributed by atoms with E-state index in [-0.39, 0.29) is 36.5 Å². The number of aliphatic imine (C=N–C) groups is 1. The highest BCUT2D eigenvalue weighted by Crippen LogP contribution is 2.39. The van der Waals surface area contributed by atoms with Crippen LogP contribution in [-0.4, -0.2) is 24.3 Å². The van der Waals surface area contributed by atoms with Crippen molar-refractivity contribution in [3.8, 4) is 11.8 Å². The molecule has 0 saturated carbocycles. The Morgan fingerprint density at radius 3 is 2.65 bits per heavy atom. The highest BCUT2D eigenvalue weighted by molar-refractivity contribution is 6.17. The molecule has 188 valence electrons. The molecule has 0 atom stereocenters. The number of benzene rings is 3. The maximum Gasteiger partial charge on any atom is 0.416 e. The third-order valence-electron chi connectivity index (χ3n) is 5.47. The number of nitrogens with one attached hydrogen (secondary N) is 2. The molecule has 0 spiro atoms. The molecular formula is C28H22F3N3O3. The summed E-state index contributed by atoms with van der Waals surface area (Å²) in [6.07, 6.45) is -5.24. The minimum atomic E-state index is -4.54. The summed E-state index contributed by atoms with van der Waals surface area (Å²) in [5, 5.41) is 5.07. The fourth-order valence-corrected chi connectivity index (χ4v) is 3.70. The summed E-state index contributed by atoms with van der Waals surface area (Å²) in [6.45, 7) is 1.57. The van der Waals surface area contributed by atoms with Crippen LogP contribution in [0.2, 0.25) is 0 Å². The Morgan fingerprint density at radius 1 is 1.11 bits per heavy atom. The molecule has 0 saturated heterocycles. The largest absolute Gasteiger partial charge is 0.445 e. The van der Waals surface area contributed by atoms with E-state index in [2.05, 4.69) is 27.5 Å². The van der Waals surface area contributed by atoms with E-state index < -0.39 is 23.7 Å². The molecule has 2 amide bonds. The Hall–Kier alpha value is -4.58. The lowest BCUT2D eigenvalue weighted by Gasteiger charge is -2.13. The van der Waals surface area contributed by atoms with Crippen molar-refractivity contribution in [2.24, 2.45) is 4.99 Å². The highest BCUT2D eigenvalue weighted by Gasteiger charge is 2.34. The van der Waals surface area contributed by atoms with Crippen LogP contribution in [0.5, 0.6) is 0 Å². The molecule has 4 rings (SSSR count). The number of rotatable bonds is 4. The van der Waals surface area contributed by atoms with Gasteiger partial charge < -0.3 is 15.4 Å². The predicted molar refractivity (Wildman–Crippen MR) is 134 cm³/mol. The molecule has 3 aromatic rings. The maximum atomic E-state index is 13.3. The van der Waals surface area contributed by atoms with Gasteiger partial charge in [-0.25, -0.2) is 4.79 Å². The van der Waals surface area contributed by atoms with Crippen molar-refractivity contribution in [2.75, 3.05) is 11.9 Å². The second-order valence-corrected chi connectivity index (χ2v) is 8.26. The molecule has 0 aliphatic carbocycles. The Labute approximate surface area is 211 Å². The zero-order valence-corrected chi connectivity index (χ0v) is 19.8. The SMILES string of the molecule is Cc1cc2c(cc1C(F)(F)F)NC(=O)CC(c1cccc(C#CCNC(=O)OCc3ccccc3)c1)=N2. The molecular weight excluding hydrogens is 483 g/mol. The van der Waals surface area contributed by atoms with Gasteiger partial charge in [0.25, 0.3) is 0 Å². The van der Waals surface area contributed by atoms with Crippen molar-refractivity contribution in [3.63, 3.8) is 0 Å². The molecule has 1 aliphatic heterocycles. The normalized spacial score (nSPS) is 12.8. The Morgan fingerprint density at radius 2 is 1.89 bits per heavy atom. The average Bonchev–Trinajstić information content (AvgIpc) is 3.03. The molecule has 0 fully saturated rings. The molecule has 3 aromatic carbocycles. The standard InChI is InChI=1S/C28H22F3N3O3/c1-18-13-24-25(15-22(18)28(29,30)31)34-26(35)16-23(33-24)21-11-5-9-19(14-21)10-6-12-32-27(36)37-17-20-7-3-2-4-8-20/h2-5,7-9,11,13-15H,12,16-17H2,1H3,(H,32,36)(H,34,35). The number of alkyl carbamates (subject to hydrolysis) is 1. The van der Waals surface area contributed by atoms with E-state index in [4.69, 9.17) is 4.74 Å². The predicted octanol–water partition coefficient (Wildman–Crippen LogP) is 5.75. The molecule has 0 bridgehead atoms. The first kappa shape index (κ1) is 25.5. The Bertz CT molecular complexity index is 1420. The minimum absolute atomic E-state index is 0.0131. The number of anilines is 1. The van der Waals surface area contributed by atoms with Crippen molar-refractivity contribution >= 4 is 29.1 Å². The molecule has 2 N–H and O–H groups in total. The molecule has 9 heteroatoms.